The molecule has 0 saturated heterocycles. The molecule has 3 N–H and O–H groups in total. The van der Waals surface area contributed by atoms with Crippen molar-refractivity contribution < 1.29 is 32.6 Å². The second-order valence-electron chi connectivity index (χ2n) is 6.34. The lowest BCUT2D eigenvalue weighted by Gasteiger charge is -2.11. The largest absolute Gasteiger partial charge is 0.496 e. The highest BCUT2D eigenvalue weighted by atomic mass is 19.3. The molecule has 0 spiro atoms. The molecule has 1 aromatic heterocycles. The maximum atomic E-state index is 12.4. The molecule has 3 rings (SSSR count). The fourth-order valence-electron chi connectivity index (χ4n) is 2.84. The van der Waals surface area contributed by atoms with Crippen LogP contribution >= 0.6 is 0 Å². The molecule has 0 unspecified atom stereocenters. The number of aromatic amines is 1. The first kappa shape index (κ1) is 22.5. The maximum absolute atomic E-state index is 12.4. The maximum Gasteiger partial charge on any atom is 0.387 e. The van der Waals surface area contributed by atoms with Gasteiger partial charge >= 0.3 is 6.61 Å². The van der Waals surface area contributed by atoms with Crippen LogP contribution in [0.2, 0.25) is 0 Å². The zero-order valence-corrected chi connectivity index (χ0v) is 17.1. The number of alkyl halides is 2. The lowest BCUT2D eigenvalue weighted by atomic mass is 10.1. The van der Waals surface area contributed by atoms with Crippen LogP contribution in [0, 0.1) is 0 Å². The van der Waals surface area contributed by atoms with Gasteiger partial charge in [-0.15, -0.1) is 0 Å². The second kappa shape index (κ2) is 10.2. The number of aromatic nitrogens is 2. The Kier molecular flexibility index (Phi) is 7.21. The van der Waals surface area contributed by atoms with Crippen LogP contribution < -0.4 is 24.8 Å². The van der Waals surface area contributed by atoms with Gasteiger partial charge < -0.3 is 24.8 Å². The predicted molar refractivity (Wildman–Crippen MR) is 111 cm³/mol. The Morgan fingerprint density at radius 2 is 1.78 bits per heavy atom. The van der Waals surface area contributed by atoms with Crippen LogP contribution in [-0.4, -0.2) is 49.4 Å². The number of rotatable bonds is 9. The van der Waals surface area contributed by atoms with Gasteiger partial charge in [0.25, 0.3) is 5.91 Å². The Hall–Kier alpha value is -4.15. The van der Waals surface area contributed by atoms with Gasteiger partial charge in [0, 0.05) is 17.2 Å². The van der Waals surface area contributed by atoms with Gasteiger partial charge in [-0.1, -0.05) is 12.1 Å². The third kappa shape index (κ3) is 5.50. The number of nitrogens with one attached hydrogen (secondary N) is 3. The Morgan fingerprint density at radius 1 is 1.03 bits per heavy atom. The van der Waals surface area contributed by atoms with Crippen molar-refractivity contribution in [3.05, 3.63) is 54.1 Å². The molecule has 0 aliphatic rings. The molecule has 168 valence electrons. The molecule has 2 amide bonds. The lowest BCUT2D eigenvalue weighted by molar-refractivity contribution is -0.115. The number of anilines is 1. The van der Waals surface area contributed by atoms with Crippen molar-refractivity contribution in [1.82, 2.24) is 15.5 Å². The van der Waals surface area contributed by atoms with Crippen molar-refractivity contribution in [1.29, 1.82) is 0 Å². The van der Waals surface area contributed by atoms with E-state index in [0.717, 1.165) is 5.56 Å². The number of halogens is 2. The summed E-state index contributed by atoms with van der Waals surface area (Å²) in [5, 5.41) is 11.8. The summed E-state index contributed by atoms with van der Waals surface area (Å²) < 4.78 is 39.4. The quantitative estimate of drug-likeness (QED) is 0.466. The Bertz CT molecular complexity index is 1100. The fraction of sp³-hybridized carbons (Fsp3) is 0.190. The molecule has 0 bridgehead atoms. The van der Waals surface area contributed by atoms with Gasteiger partial charge in [-0.05, 0) is 30.3 Å². The number of methoxy groups -OCH3 is 2. The SMILES string of the molecule is COc1cc(C(=O)NCC(=O)Nc2cc(-c3ccccc3OC)[nH]n2)ccc1OC(F)F. The van der Waals surface area contributed by atoms with Crippen LogP contribution in [0.5, 0.6) is 17.2 Å². The molecule has 0 fully saturated rings. The number of hydrogen-bond acceptors (Lipinski definition) is 6. The van der Waals surface area contributed by atoms with E-state index in [2.05, 4.69) is 25.6 Å². The summed E-state index contributed by atoms with van der Waals surface area (Å²) in [5.74, 6) is -0.453. The van der Waals surface area contributed by atoms with Crippen molar-refractivity contribution in [3.63, 3.8) is 0 Å². The molecule has 9 nitrogen and oxygen atoms in total. The Morgan fingerprint density at radius 3 is 2.50 bits per heavy atom. The van der Waals surface area contributed by atoms with Gasteiger partial charge in [0.05, 0.1) is 26.5 Å². The molecule has 32 heavy (non-hydrogen) atoms. The van der Waals surface area contributed by atoms with Gasteiger partial charge in [-0.2, -0.15) is 13.9 Å². The van der Waals surface area contributed by atoms with Crippen molar-refractivity contribution in [3.8, 4) is 28.5 Å². The summed E-state index contributed by atoms with van der Waals surface area (Å²) in [4.78, 5) is 24.5. The van der Waals surface area contributed by atoms with Gasteiger partial charge in [0.2, 0.25) is 5.91 Å². The summed E-state index contributed by atoms with van der Waals surface area (Å²) in [6.07, 6.45) is 0. The molecule has 0 saturated carbocycles. The monoisotopic (exact) mass is 446 g/mol. The van der Waals surface area contributed by atoms with E-state index in [-0.39, 0.29) is 29.4 Å². The molecule has 3 aromatic rings. The molecule has 0 aliphatic carbocycles. The average molecular weight is 446 g/mol. The van der Waals surface area contributed by atoms with Gasteiger partial charge in [0.1, 0.15) is 5.75 Å². The second-order valence-corrected chi connectivity index (χ2v) is 6.34. The number of ether oxygens (including phenoxy) is 3. The highest BCUT2D eigenvalue weighted by Gasteiger charge is 2.15. The van der Waals surface area contributed by atoms with E-state index in [9.17, 15) is 18.4 Å². The Labute approximate surface area is 181 Å². The zero-order chi connectivity index (χ0) is 23.1. The van der Waals surface area contributed by atoms with E-state index in [1.807, 2.05) is 18.2 Å². The molecule has 0 radical (unpaired) electrons. The summed E-state index contributed by atoms with van der Waals surface area (Å²) in [6, 6.07) is 12.6. The van der Waals surface area contributed by atoms with E-state index in [0.29, 0.717) is 11.4 Å². The molecule has 0 atom stereocenters. The molecular weight excluding hydrogens is 426 g/mol. The smallest absolute Gasteiger partial charge is 0.387 e. The molecule has 11 heteroatoms. The van der Waals surface area contributed by atoms with Crippen molar-refractivity contribution in [2.24, 2.45) is 0 Å². The van der Waals surface area contributed by atoms with Crippen LogP contribution in [0.15, 0.2) is 48.5 Å². The minimum Gasteiger partial charge on any atom is -0.496 e. The van der Waals surface area contributed by atoms with Gasteiger partial charge in [-0.25, -0.2) is 0 Å². The van der Waals surface area contributed by atoms with Gasteiger partial charge in [0.15, 0.2) is 17.3 Å². The number of amides is 2. The number of para-hydroxylation sites is 1. The molecule has 1 heterocycles. The zero-order valence-electron chi connectivity index (χ0n) is 17.1. The third-order valence-corrected chi connectivity index (χ3v) is 4.29. The fourth-order valence-corrected chi connectivity index (χ4v) is 2.84. The molecular formula is C21H20F2N4O5. The number of carbonyl (C=O) groups is 2. The standard InChI is InChI=1S/C21H20F2N4O5/c1-30-15-6-4-3-5-13(15)14-10-18(27-26-14)25-19(28)11-24-20(29)12-7-8-16(32-21(22)23)17(9-12)31-2/h3-10,21H,11H2,1-2H3,(H,24,29)(H2,25,26,27,28). The van der Waals surface area contributed by atoms with Crippen LogP contribution in [0.1, 0.15) is 10.4 Å². The number of H-pyrrole nitrogens is 1. The van der Waals surface area contributed by atoms with Crippen LogP contribution in [0.4, 0.5) is 14.6 Å². The van der Waals surface area contributed by atoms with E-state index < -0.39 is 18.4 Å². The van der Waals surface area contributed by atoms with Crippen molar-refractivity contribution in [2.75, 3.05) is 26.1 Å². The normalized spacial score (nSPS) is 10.5. The van der Waals surface area contributed by atoms with Crippen molar-refractivity contribution >= 4 is 17.6 Å². The third-order valence-electron chi connectivity index (χ3n) is 4.29. The van der Waals surface area contributed by atoms with Crippen LogP contribution in [0.3, 0.4) is 0 Å². The number of nitrogens with zero attached hydrogens (tertiary/aromatic N) is 1. The summed E-state index contributed by atoms with van der Waals surface area (Å²) in [6.45, 7) is -3.37. The topological polar surface area (TPSA) is 115 Å². The van der Waals surface area contributed by atoms with Gasteiger partial charge in [-0.3, -0.25) is 14.7 Å². The van der Waals surface area contributed by atoms with E-state index in [1.165, 1.54) is 25.3 Å². The van der Waals surface area contributed by atoms with E-state index >= 15 is 0 Å². The number of hydrogen-bond donors (Lipinski definition) is 3. The Balaban J connectivity index is 1.58. The number of carbonyl (C=O) groups excluding carboxylic acids is 2. The van der Waals surface area contributed by atoms with Crippen molar-refractivity contribution in [2.45, 2.75) is 6.61 Å². The summed E-state index contributed by atoms with van der Waals surface area (Å²) >= 11 is 0. The predicted octanol–water partition coefficient (Wildman–Crippen LogP) is 3.06. The van der Waals surface area contributed by atoms with E-state index in [4.69, 9.17) is 9.47 Å². The summed E-state index contributed by atoms with van der Waals surface area (Å²) in [7, 11) is 2.81. The first-order chi connectivity index (χ1) is 15.4. The minimum atomic E-state index is -3.03. The van der Waals surface area contributed by atoms with Crippen LogP contribution in [0.25, 0.3) is 11.3 Å². The van der Waals surface area contributed by atoms with Crippen LogP contribution in [-0.2, 0) is 4.79 Å². The highest BCUT2D eigenvalue weighted by Crippen LogP contribution is 2.30. The minimum absolute atomic E-state index is 0.0391. The summed E-state index contributed by atoms with van der Waals surface area (Å²) in [5.41, 5.74) is 1.51. The van der Waals surface area contributed by atoms with E-state index in [1.54, 1.807) is 19.2 Å². The first-order valence-electron chi connectivity index (χ1n) is 9.31. The average Bonchev–Trinajstić information content (AvgIpc) is 3.25. The highest BCUT2D eigenvalue weighted by molar-refractivity contribution is 5.99. The number of benzene rings is 2. The molecule has 0 aliphatic heterocycles. The molecule has 2 aromatic carbocycles. The first-order valence-corrected chi connectivity index (χ1v) is 9.31. The lowest BCUT2D eigenvalue weighted by Crippen LogP contribution is -2.32.